The van der Waals surface area contributed by atoms with E-state index in [2.05, 4.69) is 24.1 Å². The Kier molecular flexibility index (Phi) is 7.40. The molecule has 128 valence electrons. The molecule has 0 spiro atoms. The summed E-state index contributed by atoms with van der Waals surface area (Å²) >= 11 is 0. The fraction of sp³-hybridized carbons (Fsp3) is 0.632. The quantitative estimate of drug-likeness (QED) is 0.831. The van der Waals surface area contributed by atoms with E-state index in [4.69, 9.17) is 4.74 Å². The highest BCUT2D eigenvalue weighted by Gasteiger charge is 2.27. The van der Waals surface area contributed by atoms with Gasteiger partial charge in [0.25, 0.3) is 0 Å². The van der Waals surface area contributed by atoms with Gasteiger partial charge in [-0.05, 0) is 30.9 Å². The van der Waals surface area contributed by atoms with Crippen LogP contribution < -0.4 is 5.32 Å². The lowest BCUT2D eigenvalue weighted by atomic mass is 9.92. The topological polar surface area (TPSA) is 41.6 Å². The number of carbonyl (C=O) groups is 1. The van der Waals surface area contributed by atoms with Gasteiger partial charge in [0.1, 0.15) is 6.61 Å². The summed E-state index contributed by atoms with van der Waals surface area (Å²) in [5, 5.41) is 3.06. The fourth-order valence-corrected chi connectivity index (χ4v) is 3.20. The van der Waals surface area contributed by atoms with E-state index in [-0.39, 0.29) is 12.1 Å². The van der Waals surface area contributed by atoms with Crippen molar-refractivity contribution in [1.29, 1.82) is 0 Å². The van der Waals surface area contributed by atoms with Crippen LogP contribution in [0.2, 0.25) is 0 Å². The number of ether oxygens (including phenoxy) is 1. The lowest BCUT2D eigenvalue weighted by molar-refractivity contribution is 0.109. The van der Waals surface area contributed by atoms with Gasteiger partial charge in [-0.25, -0.2) is 4.79 Å². The first-order valence-corrected chi connectivity index (χ1v) is 8.90. The predicted molar refractivity (Wildman–Crippen MR) is 93.3 cm³/mol. The molecule has 2 rings (SSSR count). The second kappa shape index (κ2) is 9.56. The van der Waals surface area contributed by atoms with Crippen LogP contribution in [0, 0.1) is 5.92 Å². The molecule has 0 aliphatic carbocycles. The van der Waals surface area contributed by atoms with Crippen LogP contribution in [0.3, 0.4) is 0 Å². The molecule has 4 nitrogen and oxygen atoms in total. The molecule has 1 fully saturated rings. The maximum Gasteiger partial charge on any atom is 0.407 e. The summed E-state index contributed by atoms with van der Waals surface area (Å²) < 4.78 is 5.35. The molecule has 0 bridgehead atoms. The van der Waals surface area contributed by atoms with Gasteiger partial charge in [0.2, 0.25) is 0 Å². The summed E-state index contributed by atoms with van der Waals surface area (Å²) in [7, 11) is 0. The summed E-state index contributed by atoms with van der Waals surface area (Å²) in [6.45, 7) is 8.02. The van der Waals surface area contributed by atoms with Gasteiger partial charge in [-0.2, -0.15) is 0 Å². The van der Waals surface area contributed by atoms with Crippen molar-refractivity contribution in [1.82, 2.24) is 10.2 Å². The van der Waals surface area contributed by atoms with E-state index < -0.39 is 0 Å². The summed E-state index contributed by atoms with van der Waals surface area (Å²) in [5.74, 6) is 0.667. The van der Waals surface area contributed by atoms with E-state index in [0.29, 0.717) is 12.5 Å². The van der Waals surface area contributed by atoms with Crippen molar-refractivity contribution in [2.24, 2.45) is 5.92 Å². The maximum absolute atomic E-state index is 12.0. The number of amides is 1. The molecule has 2 unspecified atom stereocenters. The molecule has 0 aromatic heterocycles. The van der Waals surface area contributed by atoms with Crippen molar-refractivity contribution >= 4 is 6.09 Å². The summed E-state index contributed by atoms with van der Waals surface area (Å²) in [6, 6.07) is 10.0. The number of nitrogens with one attached hydrogen (secondary N) is 1. The second-order valence-electron chi connectivity index (χ2n) is 6.53. The molecule has 1 heterocycles. The van der Waals surface area contributed by atoms with Gasteiger partial charge in [0.15, 0.2) is 0 Å². The number of nitrogens with zero attached hydrogens (tertiary/aromatic N) is 1. The average molecular weight is 318 g/mol. The number of likely N-dealkylation sites (tertiary alicyclic amines) is 1. The lowest BCUT2D eigenvalue weighted by Crippen LogP contribution is -2.51. The highest BCUT2D eigenvalue weighted by Crippen LogP contribution is 2.20. The number of rotatable bonds is 7. The zero-order chi connectivity index (χ0) is 16.5. The largest absolute Gasteiger partial charge is 0.445 e. The molecule has 2 atom stereocenters. The second-order valence-corrected chi connectivity index (χ2v) is 6.53. The van der Waals surface area contributed by atoms with Gasteiger partial charge in [0.05, 0.1) is 0 Å². The van der Waals surface area contributed by atoms with Crippen molar-refractivity contribution < 1.29 is 9.53 Å². The molecule has 1 amide bonds. The number of alkyl carbamates (subject to hydrolysis) is 1. The van der Waals surface area contributed by atoms with E-state index in [1.54, 1.807) is 0 Å². The Morgan fingerprint density at radius 1 is 1.26 bits per heavy atom. The van der Waals surface area contributed by atoms with Gasteiger partial charge < -0.3 is 15.0 Å². The number of hydrogen-bond acceptors (Lipinski definition) is 3. The summed E-state index contributed by atoms with van der Waals surface area (Å²) in [4.78, 5) is 14.5. The molecule has 1 N–H and O–H groups in total. The standard InChI is InChI=1S/C19H30N2O2/c1-3-5-11-21-13-16(4-2)12-18(14-21)20-19(22)23-15-17-9-7-6-8-10-17/h6-10,16,18H,3-5,11-15H2,1-2H3,(H,20,22). The Labute approximate surface area is 140 Å². The molecule has 1 saturated heterocycles. The molecule has 23 heavy (non-hydrogen) atoms. The van der Waals surface area contributed by atoms with E-state index in [0.717, 1.165) is 31.6 Å². The minimum Gasteiger partial charge on any atom is -0.445 e. The number of piperidine rings is 1. The van der Waals surface area contributed by atoms with Gasteiger partial charge in [-0.15, -0.1) is 0 Å². The number of hydrogen-bond donors (Lipinski definition) is 1. The van der Waals surface area contributed by atoms with Crippen molar-refractivity contribution in [3.8, 4) is 0 Å². The van der Waals surface area contributed by atoms with Crippen LogP contribution in [0.25, 0.3) is 0 Å². The number of unbranched alkanes of at least 4 members (excludes halogenated alkanes) is 1. The predicted octanol–water partition coefficient (Wildman–Crippen LogP) is 3.81. The molecular formula is C19H30N2O2. The van der Waals surface area contributed by atoms with E-state index in [1.807, 2.05) is 30.3 Å². The third kappa shape index (κ3) is 6.22. The van der Waals surface area contributed by atoms with Crippen LogP contribution >= 0.6 is 0 Å². The average Bonchev–Trinajstić information content (AvgIpc) is 2.59. The van der Waals surface area contributed by atoms with Crippen LogP contribution in [0.4, 0.5) is 4.79 Å². The molecule has 1 aromatic carbocycles. The first-order chi connectivity index (χ1) is 11.2. The SMILES string of the molecule is CCCCN1CC(CC)CC(NC(=O)OCc2ccccc2)C1. The van der Waals surface area contributed by atoms with Crippen LogP contribution in [-0.4, -0.2) is 36.7 Å². The zero-order valence-corrected chi connectivity index (χ0v) is 14.5. The monoisotopic (exact) mass is 318 g/mol. The zero-order valence-electron chi connectivity index (χ0n) is 14.5. The fourth-order valence-electron chi connectivity index (χ4n) is 3.20. The van der Waals surface area contributed by atoms with Crippen molar-refractivity contribution in [3.05, 3.63) is 35.9 Å². The first-order valence-electron chi connectivity index (χ1n) is 8.90. The summed E-state index contributed by atoms with van der Waals surface area (Å²) in [5.41, 5.74) is 1.02. The third-order valence-electron chi connectivity index (χ3n) is 4.55. The van der Waals surface area contributed by atoms with E-state index >= 15 is 0 Å². The molecule has 0 radical (unpaired) electrons. The Balaban J connectivity index is 1.78. The van der Waals surface area contributed by atoms with E-state index in [1.165, 1.54) is 19.3 Å². The first kappa shape index (κ1) is 17.8. The van der Waals surface area contributed by atoms with E-state index in [9.17, 15) is 4.79 Å². The lowest BCUT2D eigenvalue weighted by Gasteiger charge is -2.37. The highest BCUT2D eigenvalue weighted by atomic mass is 16.5. The highest BCUT2D eigenvalue weighted by molar-refractivity contribution is 5.67. The van der Waals surface area contributed by atoms with Crippen molar-refractivity contribution in [3.63, 3.8) is 0 Å². The Hall–Kier alpha value is -1.55. The molecule has 1 aliphatic rings. The number of carbonyl (C=O) groups excluding carboxylic acids is 1. The Morgan fingerprint density at radius 3 is 2.74 bits per heavy atom. The smallest absolute Gasteiger partial charge is 0.407 e. The normalized spacial score (nSPS) is 21.8. The van der Waals surface area contributed by atoms with Gasteiger partial charge >= 0.3 is 6.09 Å². The van der Waals surface area contributed by atoms with Gasteiger partial charge in [-0.1, -0.05) is 57.0 Å². The molecule has 1 aromatic rings. The summed E-state index contributed by atoms with van der Waals surface area (Å²) in [6.07, 6.45) is 4.36. The molecule has 0 saturated carbocycles. The minimum absolute atomic E-state index is 0.203. The molecule has 4 heteroatoms. The van der Waals surface area contributed by atoms with Crippen LogP contribution in [0.1, 0.15) is 45.1 Å². The van der Waals surface area contributed by atoms with Crippen LogP contribution in [-0.2, 0) is 11.3 Å². The molecule has 1 aliphatic heterocycles. The Morgan fingerprint density at radius 2 is 2.04 bits per heavy atom. The van der Waals surface area contributed by atoms with Crippen LogP contribution in [0.5, 0.6) is 0 Å². The maximum atomic E-state index is 12.0. The van der Waals surface area contributed by atoms with Gasteiger partial charge in [-0.3, -0.25) is 0 Å². The third-order valence-corrected chi connectivity index (χ3v) is 4.55. The van der Waals surface area contributed by atoms with Crippen molar-refractivity contribution in [2.45, 2.75) is 52.2 Å². The molecular weight excluding hydrogens is 288 g/mol. The van der Waals surface area contributed by atoms with Crippen LogP contribution in [0.15, 0.2) is 30.3 Å². The minimum atomic E-state index is -0.300. The van der Waals surface area contributed by atoms with Crippen molar-refractivity contribution in [2.75, 3.05) is 19.6 Å². The Bertz CT molecular complexity index is 464. The van der Waals surface area contributed by atoms with Gasteiger partial charge in [0, 0.05) is 19.1 Å². The number of benzene rings is 1.